The molecule has 0 spiro atoms. The molecule has 2 aliphatic heterocycles. The highest BCUT2D eigenvalue weighted by Crippen LogP contribution is 2.29. The Balaban J connectivity index is 1.76. The zero-order chi connectivity index (χ0) is 12.5. The van der Waals surface area contributed by atoms with Crippen molar-refractivity contribution in [2.75, 3.05) is 18.8 Å². The smallest absolute Gasteiger partial charge is 0.224 e. The predicted octanol–water partition coefficient (Wildman–Crippen LogP) is 0.374. The number of piperidine rings is 1. The van der Waals surface area contributed by atoms with Gasteiger partial charge < -0.3 is 11.1 Å². The molecule has 0 radical (unpaired) electrons. The van der Waals surface area contributed by atoms with Crippen LogP contribution < -0.4 is 11.1 Å². The molecule has 1 aromatic heterocycles. The molecule has 0 saturated carbocycles. The van der Waals surface area contributed by atoms with Gasteiger partial charge in [-0.15, -0.1) is 0 Å². The van der Waals surface area contributed by atoms with Gasteiger partial charge in [0.2, 0.25) is 5.91 Å². The van der Waals surface area contributed by atoms with Crippen molar-refractivity contribution in [1.29, 1.82) is 0 Å². The van der Waals surface area contributed by atoms with Gasteiger partial charge >= 0.3 is 0 Å². The van der Waals surface area contributed by atoms with Crippen molar-refractivity contribution in [3.8, 4) is 0 Å². The Bertz CT molecular complexity index is 462. The fourth-order valence-electron chi connectivity index (χ4n) is 3.04. The molecule has 3 rings (SSSR count). The van der Waals surface area contributed by atoms with E-state index in [1.54, 1.807) is 6.20 Å². The molecule has 2 saturated heterocycles. The molecule has 2 unspecified atom stereocenters. The number of anilines is 1. The Kier molecular flexibility index (Phi) is 2.91. The summed E-state index contributed by atoms with van der Waals surface area (Å²) in [5, 5.41) is 2.96. The topological polar surface area (TPSA) is 71.2 Å². The number of hydrogen-bond acceptors (Lipinski definition) is 4. The number of amides is 1. The number of rotatable bonds is 2. The van der Waals surface area contributed by atoms with Gasteiger partial charge in [0.05, 0.1) is 5.92 Å². The SMILES string of the molecule is Nc1ncccc1CN1CCCC2C(=O)NCC21. The van der Waals surface area contributed by atoms with Crippen LogP contribution in [0.1, 0.15) is 18.4 Å². The average molecular weight is 246 g/mol. The molecular weight excluding hydrogens is 228 g/mol. The second-order valence-corrected chi connectivity index (χ2v) is 5.08. The van der Waals surface area contributed by atoms with Crippen molar-refractivity contribution in [2.45, 2.75) is 25.4 Å². The lowest BCUT2D eigenvalue weighted by Crippen LogP contribution is -2.45. The molecule has 3 heterocycles. The summed E-state index contributed by atoms with van der Waals surface area (Å²) in [6.45, 7) is 2.59. The third kappa shape index (κ3) is 1.95. The Morgan fingerprint density at radius 1 is 1.56 bits per heavy atom. The third-order valence-corrected chi connectivity index (χ3v) is 4.02. The van der Waals surface area contributed by atoms with Gasteiger partial charge in [0.25, 0.3) is 0 Å². The highest BCUT2D eigenvalue weighted by atomic mass is 16.2. The zero-order valence-corrected chi connectivity index (χ0v) is 10.3. The molecule has 0 bridgehead atoms. The maximum Gasteiger partial charge on any atom is 0.224 e. The van der Waals surface area contributed by atoms with Crippen molar-refractivity contribution < 1.29 is 4.79 Å². The average Bonchev–Trinajstić information content (AvgIpc) is 2.76. The molecule has 2 atom stereocenters. The van der Waals surface area contributed by atoms with Crippen LogP contribution in [0.4, 0.5) is 5.82 Å². The molecule has 0 aromatic carbocycles. The van der Waals surface area contributed by atoms with E-state index in [9.17, 15) is 4.79 Å². The monoisotopic (exact) mass is 246 g/mol. The number of nitrogens with one attached hydrogen (secondary N) is 1. The Labute approximate surface area is 106 Å². The lowest BCUT2D eigenvalue weighted by molar-refractivity contribution is -0.124. The molecule has 2 fully saturated rings. The van der Waals surface area contributed by atoms with E-state index in [0.29, 0.717) is 11.9 Å². The van der Waals surface area contributed by atoms with E-state index >= 15 is 0 Å². The minimum Gasteiger partial charge on any atom is -0.383 e. The first kappa shape index (κ1) is 11.5. The first-order chi connectivity index (χ1) is 8.75. The second kappa shape index (κ2) is 4.57. The van der Waals surface area contributed by atoms with Gasteiger partial charge in [-0.3, -0.25) is 9.69 Å². The lowest BCUT2D eigenvalue weighted by atomic mass is 9.91. The van der Waals surface area contributed by atoms with E-state index < -0.39 is 0 Å². The molecule has 5 nitrogen and oxygen atoms in total. The van der Waals surface area contributed by atoms with Crippen LogP contribution in [-0.2, 0) is 11.3 Å². The largest absolute Gasteiger partial charge is 0.383 e. The molecule has 2 aliphatic rings. The number of nitrogens with two attached hydrogens (primary N) is 1. The van der Waals surface area contributed by atoms with Crippen LogP contribution in [0.15, 0.2) is 18.3 Å². The molecule has 1 amide bonds. The number of fused-ring (bicyclic) bond motifs is 1. The van der Waals surface area contributed by atoms with Crippen molar-refractivity contribution in [2.24, 2.45) is 5.92 Å². The maximum absolute atomic E-state index is 11.7. The summed E-state index contributed by atoms with van der Waals surface area (Å²) in [4.78, 5) is 18.2. The quantitative estimate of drug-likeness (QED) is 0.791. The van der Waals surface area contributed by atoms with Crippen LogP contribution in [0.3, 0.4) is 0 Å². The normalized spacial score (nSPS) is 27.9. The summed E-state index contributed by atoms with van der Waals surface area (Å²) in [6, 6.07) is 4.24. The minimum absolute atomic E-state index is 0.164. The number of hydrogen-bond donors (Lipinski definition) is 2. The molecular formula is C13H18N4O. The van der Waals surface area contributed by atoms with Crippen LogP contribution in [0.5, 0.6) is 0 Å². The minimum atomic E-state index is 0.164. The molecule has 3 N–H and O–H groups in total. The number of carbonyl (C=O) groups is 1. The number of likely N-dealkylation sites (tertiary alicyclic amines) is 1. The molecule has 1 aromatic rings. The van der Waals surface area contributed by atoms with Crippen molar-refractivity contribution >= 4 is 11.7 Å². The van der Waals surface area contributed by atoms with Gasteiger partial charge in [-0.2, -0.15) is 0 Å². The summed E-state index contributed by atoms with van der Waals surface area (Å²) >= 11 is 0. The number of nitrogens with zero attached hydrogens (tertiary/aromatic N) is 2. The summed E-state index contributed by atoms with van der Waals surface area (Å²) < 4.78 is 0. The Hall–Kier alpha value is -1.62. The highest BCUT2D eigenvalue weighted by molar-refractivity contribution is 5.82. The van der Waals surface area contributed by atoms with Gasteiger partial charge in [0.1, 0.15) is 5.82 Å². The molecule has 96 valence electrons. The van der Waals surface area contributed by atoms with Crippen LogP contribution >= 0.6 is 0 Å². The number of pyridine rings is 1. The second-order valence-electron chi connectivity index (χ2n) is 5.08. The Morgan fingerprint density at radius 3 is 3.28 bits per heavy atom. The summed E-state index contributed by atoms with van der Waals surface area (Å²) in [5.41, 5.74) is 6.94. The first-order valence-electron chi connectivity index (χ1n) is 6.47. The van der Waals surface area contributed by atoms with Crippen LogP contribution in [0.2, 0.25) is 0 Å². The summed E-state index contributed by atoms with van der Waals surface area (Å²) in [5.74, 6) is 0.970. The lowest BCUT2D eigenvalue weighted by Gasteiger charge is -2.35. The van der Waals surface area contributed by atoms with E-state index in [2.05, 4.69) is 15.2 Å². The van der Waals surface area contributed by atoms with E-state index in [4.69, 9.17) is 5.73 Å². The molecule has 18 heavy (non-hydrogen) atoms. The van der Waals surface area contributed by atoms with Crippen LogP contribution in [0, 0.1) is 5.92 Å². The van der Waals surface area contributed by atoms with E-state index in [1.807, 2.05) is 12.1 Å². The Morgan fingerprint density at radius 2 is 2.44 bits per heavy atom. The standard InChI is InChI=1S/C13H18N4O/c14-12-9(3-1-5-15-12)8-17-6-2-4-10-11(17)7-16-13(10)18/h1,3,5,10-11H,2,4,6-8H2,(H2,14,15)(H,16,18). The predicted molar refractivity (Wildman–Crippen MR) is 68.6 cm³/mol. The van der Waals surface area contributed by atoms with Gasteiger partial charge in [-0.25, -0.2) is 4.98 Å². The van der Waals surface area contributed by atoms with Crippen LogP contribution in [0.25, 0.3) is 0 Å². The molecule has 0 aliphatic carbocycles. The number of aromatic nitrogens is 1. The van der Waals surface area contributed by atoms with Crippen molar-refractivity contribution in [1.82, 2.24) is 15.2 Å². The summed E-state index contributed by atoms with van der Waals surface area (Å²) in [7, 11) is 0. The maximum atomic E-state index is 11.7. The van der Waals surface area contributed by atoms with Crippen LogP contribution in [-0.4, -0.2) is 34.9 Å². The van der Waals surface area contributed by atoms with Gasteiger partial charge in [0.15, 0.2) is 0 Å². The van der Waals surface area contributed by atoms with Crippen molar-refractivity contribution in [3.63, 3.8) is 0 Å². The molecule has 5 heteroatoms. The number of nitrogen functional groups attached to an aromatic ring is 1. The van der Waals surface area contributed by atoms with Crippen molar-refractivity contribution in [3.05, 3.63) is 23.9 Å². The van der Waals surface area contributed by atoms with Gasteiger partial charge in [-0.1, -0.05) is 6.07 Å². The summed E-state index contributed by atoms with van der Waals surface area (Å²) in [6.07, 6.45) is 3.79. The van der Waals surface area contributed by atoms with E-state index in [0.717, 1.165) is 38.0 Å². The van der Waals surface area contributed by atoms with E-state index in [1.165, 1.54) is 0 Å². The first-order valence-corrected chi connectivity index (χ1v) is 6.47. The van der Waals surface area contributed by atoms with Gasteiger partial charge in [-0.05, 0) is 25.5 Å². The van der Waals surface area contributed by atoms with E-state index in [-0.39, 0.29) is 11.8 Å². The fraction of sp³-hybridized carbons (Fsp3) is 0.538. The number of carbonyl (C=O) groups excluding carboxylic acids is 1. The fourth-order valence-corrected chi connectivity index (χ4v) is 3.04. The zero-order valence-electron chi connectivity index (χ0n) is 10.3. The highest BCUT2D eigenvalue weighted by Gasteiger charge is 2.40. The third-order valence-electron chi connectivity index (χ3n) is 4.02. The van der Waals surface area contributed by atoms with Gasteiger partial charge in [0, 0.05) is 30.9 Å².